The van der Waals surface area contributed by atoms with E-state index in [1.807, 2.05) is 24.3 Å². The molecule has 0 amide bonds. The second-order valence-corrected chi connectivity index (χ2v) is 32.5. The largest absolute Gasteiger partial charge is 0.374 e. The first-order chi connectivity index (χ1) is 39.3. The molecule has 2 aliphatic rings. The van der Waals surface area contributed by atoms with Gasteiger partial charge in [-0.2, -0.15) is 0 Å². The van der Waals surface area contributed by atoms with Crippen molar-refractivity contribution < 1.29 is 9.85 Å². The highest BCUT2D eigenvalue weighted by molar-refractivity contribution is 6.03. The van der Waals surface area contributed by atoms with Crippen molar-refractivity contribution in [3.05, 3.63) is 185 Å². The number of aromatic nitrogens is 4. The highest BCUT2D eigenvalue weighted by Gasteiger charge is 2.44. The summed E-state index contributed by atoms with van der Waals surface area (Å²) >= 11 is 0. The number of nitrogens with zero attached hydrogens (tertiary/aromatic N) is 4. The standard InChI is InChI=1S/C76H92N6O4/c1-69(2,3)47-31-43(32-48(39-47)70(4,5)6)61-55-25-26-56(77-55)62(44-33-49(71(7,8)9)40-50(34-44)72(10,11)12)58-28-30-60(79-58)64(46-37-53(75(19,20)21)42-54(38-46)76(22,23)24)66-68(82(85)86)67(81(83)84)65(80-66)63(59-29-27-57(61)78-59)45-35-51(73(13,14)15)41-52(36-45)74(16,17)18/h25-42,78-79H,1-24H3. The fourth-order valence-electron chi connectivity index (χ4n) is 11.4. The van der Waals surface area contributed by atoms with Gasteiger partial charge in [-0.1, -0.05) is 239 Å². The summed E-state index contributed by atoms with van der Waals surface area (Å²) in [5.74, 6) is 0. The smallest absolute Gasteiger partial charge is 0.354 e. The van der Waals surface area contributed by atoms with Crippen LogP contribution in [0.25, 0.3) is 90.1 Å². The summed E-state index contributed by atoms with van der Waals surface area (Å²) in [5, 5.41) is 28.7. The summed E-state index contributed by atoms with van der Waals surface area (Å²) in [4.78, 5) is 46.4. The zero-order valence-corrected chi connectivity index (χ0v) is 55.8. The van der Waals surface area contributed by atoms with Crippen LogP contribution in [-0.4, -0.2) is 29.8 Å². The van der Waals surface area contributed by atoms with Crippen molar-refractivity contribution in [1.82, 2.24) is 19.9 Å². The summed E-state index contributed by atoms with van der Waals surface area (Å²) in [7, 11) is 0. The van der Waals surface area contributed by atoms with E-state index in [9.17, 15) is 20.2 Å². The van der Waals surface area contributed by atoms with E-state index in [1.54, 1.807) is 0 Å². The lowest BCUT2D eigenvalue weighted by atomic mass is 9.78. The number of H-pyrrole nitrogens is 2. The Hall–Kier alpha value is -7.72. The van der Waals surface area contributed by atoms with Gasteiger partial charge in [-0.25, -0.2) is 9.97 Å². The molecule has 9 rings (SSSR count). The SMILES string of the molecule is CC(C)(C)c1cc(-c2c3nc(c(-c4cc(C(C)(C)C)cc(C(C)(C)C)c4)c4ccc([nH]4)c(-c4cc(C(C)(C)C)cc(C(C)(C)C)c4)c4nc(c(-c5cc(C(C)(C)C)cc(C(C)(C)C)c5)c5ccc2[nH]5)C([N+](=O)[O-])=C4[N+](=O)[O-])C=C3)cc(C(C)(C)C)c1. The Labute approximate surface area is 511 Å². The molecular formula is C76H92N6O4. The quantitative estimate of drug-likeness (QED) is 0.125. The maximum Gasteiger partial charge on any atom is 0.374 e. The fraction of sp³-hybridized carbons (Fsp3) is 0.421. The molecule has 0 unspecified atom stereocenters. The molecule has 0 fully saturated rings. The van der Waals surface area contributed by atoms with Crippen LogP contribution in [0.5, 0.6) is 0 Å². The van der Waals surface area contributed by atoms with Gasteiger partial charge >= 0.3 is 11.4 Å². The topological polar surface area (TPSA) is 144 Å². The number of nitrogens with one attached hydrogen (secondary N) is 2. The van der Waals surface area contributed by atoms with Gasteiger partial charge in [0.05, 0.1) is 21.2 Å². The third-order valence-corrected chi connectivity index (χ3v) is 17.2. The lowest BCUT2D eigenvalue weighted by Gasteiger charge is -2.26. The van der Waals surface area contributed by atoms with Crippen LogP contribution >= 0.6 is 0 Å². The van der Waals surface area contributed by atoms with Crippen molar-refractivity contribution >= 4 is 45.6 Å². The molecule has 0 saturated carbocycles. The highest BCUT2D eigenvalue weighted by Crippen LogP contribution is 2.48. The van der Waals surface area contributed by atoms with E-state index in [0.29, 0.717) is 44.3 Å². The molecule has 0 atom stereocenters. The molecule has 4 aromatic carbocycles. The van der Waals surface area contributed by atoms with Crippen LogP contribution in [0.15, 0.2) is 97.1 Å². The van der Waals surface area contributed by atoms with E-state index in [1.165, 1.54) is 0 Å². The molecule has 0 aliphatic carbocycles. The highest BCUT2D eigenvalue weighted by atomic mass is 16.6. The Kier molecular flexibility index (Phi) is 15.3. The van der Waals surface area contributed by atoms with Crippen LogP contribution in [0.4, 0.5) is 0 Å². The summed E-state index contributed by atoms with van der Waals surface area (Å²) in [6, 6.07) is 34.4. The van der Waals surface area contributed by atoms with Gasteiger partial charge in [-0.15, -0.1) is 0 Å². The van der Waals surface area contributed by atoms with Crippen LogP contribution in [0, 0.1) is 20.2 Å². The molecule has 0 saturated heterocycles. The molecule has 10 nitrogen and oxygen atoms in total. The molecule has 2 aliphatic heterocycles. The number of rotatable bonds is 6. The predicted octanol–water partition coefficient (Wildman–Crippen LogP) is 20.9. The molecule has 10 heteroatoms. The normalized spacial score (nSPS) is 13.9. The first-order valence-corrected chi connectivity index (χ1v) is 30.5. The van der Waals surface area contributed by atoms with Crippen LogP contribution in [0.1, 0.15) is 233 Å². The van der Waals surface area contributed by atoms with Gasteiger partial charge in [0.25, 0.3) is 0 Å². The Bertz CT molecular complexity index is 3780. The van der Waals surface area contributed by atoms with Crippen molar-refractivity contribution in [1.29, 1.82) is 0 Å². The van der Waals surface area contributed by atoms with Gasteiger partial charge in [0.1, 0.15) is 0 Å². The van der Waals surface area contributed by atoms with E-state index >= 15 is 0 Å². The first-order valence-electron chi connectivity index (χ1n) is 30.5. The number of nitro groups is 2. The van der Waals surface area contributed by atoms with Crippen LogP contribution in [0.2, 0.25) is 0 Å². The third kappa shape index (κ3) is 12.3. The number of benzene rings is 4. The Morgan fingerprint density at radius 1 is 0.302 bits per heavy atom. The van der Waals surface area contributed by atoms with Crippen LogP contribution in [0.3, 0.4) is 0 Å². The minimum Gasteiger partial charge on any atom is -0.354 e. The van der Waals surface area contributed by atoms with Gasteiger partial charge in [-0.05, 0) is 146 Å². The van der Waals surface area contributed by atoms with Crippen molar-refractivity contribution in [2.24, 2.45) is 0 Å². The van der Waals surface area contributed by atoms with Gasteiger partial charge < -0.3 is 9.97 Å². The molecule has 3 aromatic heterocycles. The first kappa shape index (κ1) is 62.8. The lowest BCUT2D eigenvalue weighted by Crippen LogP contribution is -2.16. The van der Waals surface area contributed by atoms with Crippen molar-refractivity contribution in [2.75, 3.05) is 0 Å². The molecule has 5 heterocycles. The van der Waals surface area contributed by atoms with Gasteiger partial charge in [0, 0.05) is 44.3 Å². The van der Waals surface area contributed by atoms with Crippen molar-refractivity contribution in [2.45, 2.75) is 209 Å². The van der Waals surface area contributed by atoms with Gasteiger partial charge in [0.2, 0.25) is 0 Å². The zero-order valence-electron chi connectivity index (χ0n) is 55.8. The third-order valence-electron chi connectivity index (χ3n) is 17.2. The number of hydrogen-bond donors (Lipinski definition) is 2. The van der Waals surface area contributed by atoms with Gasteiger partial charge in [-0.3, -0.25) is 20.2 Å². The summed E-state index contributed by atoms with van der Waals surface area (Å²) in [6.07, 6.45) is 4.22. The minimum absolute atomic E-state index is 0.114. The van der Waals surface area contributed by atoms with Gasteiger partial charge in [0.15, 0.2) is 11.4 Å². The van der Waals surface area contributed by atoms with E-state index in [0.717, 1.165) is 78.1 Å². The van der Waals surface area contributed by atoms with Crippen LogP contribution < -0.4 is 0 Å². The summed E-state index contributed by atoms with van der Waals surface area (Å²) in [6.45, 7) is 52.6. The molecule has 7 aromatic rings. The average molecular weight is 1150 g/mol. The monoisotopic (exact) mass is 1150 g/mol. The minimum atomic E-state index is -0.689. The molecular weight excluding hydrogens is 1060 g/mol. The molecule has 8 bridgehead atoms. The van der Waals surface area contributed by atoms with E-state index in [4.69, 9.17) is 9.97 Å². The number of fused-ring (bicyclic) bond motifs is 8. The summed E-state index contributed by atoms with van der Waals surface area (Å²) < 4.78 is 0. The Morgan fingerprint density at radius 2 is 0.500 bits per heavy atom. The van der Waals surface area contributed by atoms with Crippen molar-refractivity contribution in [3.63, 3.8) is 0 Å². The van der Waals surface area contributed by atoms with Crippen molar-refractivity contribution in [3.8, 4) is 44.5 Å². The number of hydrogen-bond acceptors (Lipinski definition) is 6. The molecule has 0 spiro atoms. The Balaban J connectivity index is 1.66. The number of aromatic amines is 2. The second-order valence-electron chi connectivity index (χ2n) is 32.5. The van der Waals surface area contributed by atoms with E-state index < -0.39 is 21.2 Å². The molecule has 0 radical (unpaired) electrons. The lowest BCUT2D eigenvalue weighted by molar-refractivity contribution is -0.405. The van der Waals surface area contributed by atoms with E-state index in [-0.39, 0.29) is 54.7 Å². The molecule has 2 N–H and O–H groups in total. The molecule has 450 valence electrons. The molecule has 86 heavy (non-hydrogen) atoms. The maximum absolute atomic E-state index is 14.3. The fourth-order valence-corrected chi connectivity index (χ4v) is 11.4. The zero-order chi connectivity index (χ0) is 63.7. The Morgan fingerprint density at radius 3 is 0.698 bits per heavy atom. The predicted molar refractivity (Wildman–Crippen MR) is 362 cm³/mol. The second kappa shape index (κ2) is 21.0. The maximum atomic E-state index is 14.3. The summed E-state index contributed by atoms with van der Waals surface area (Å²) in [5.41, 5.74) is 14.1. The van der Waals surface area contributed by atoms with Crippen LogP contribution in [-0.2, 0) is 43.3 Å². The van der Waals surface area contributed by atoms with E-state index in [2.05, 4.69) is 261 Å². The average Bonchev–Trinajstić information content (AvgIpc) is 1.61.